The number of anilines is 1. The molecule has 3 nitrogen and oxygen atoms in total. The minimum Gasteiger partial charge on any atom is -0.373 e. The van der Waals surface area contributed by atoms with Crippen LogP contribution in [0.4, 0.5) is 5.69 Å². The Morgan fingerprint density at radius 1 is 1.33 bits per heavy atom. The zero-order chi connectivity index (χ0) is 13.8. The molecule has 0 atom stereocenters. The summed E-state index contributed by atoms with van der Waals surface area (Å²) in [5.41, 5.74) is 2.82. The van der Waals surface area contributed by atoms with E-state index in [4.69, 9.17) is 0 Å². The molecule has 18 heavy (non-hydrogen) atoms. The highest BCUT2D eigenvalue weighted by atomic mass is 15.1. The van der Waals surface area contributed by atoms with Crippen LogP contribution in [0.15, 0.2) is 18.5 Å². The van der Waals surface area contributed by atoms with Crippen LogP contribution < -0.4 is 10.2 Å². The summed E-state index contributed by atoms with van der Waals surface area (Å²) in [7, 11) is 2.14. The van der Waals surface area contributed by atoms with Gasteiger partial charge in [-0.05, 0) is 17.0 Å². The maximum absolute atomic E-state index is 4.25. The standard InChI is InChI=1S/C15H27N3/c1-12(2)17-9-13-7-8-16-10-14(13)18(6)11-15(3,4)5/h7-8,10,12,17H,9,11H2,1-6H3. The van der Waals surface area contributed by atoms with Crippen molar-refractivity contribution in [1.29, 1.82) is 0 Å². The first-order chi connectivity index (χ1) is 8.29. The number of pyridine rings is 1. The van der Waals surface area contributed by atoms with Gasteiger partial charge in [-0.25, -0.2) is 0 Å². The van der Waals surface area contributed by atoms with Gasteiger partial charge in [-0.1, -0.05) is 34.6 Å². The van der Waals surface area contributed by atoms with Crippen molar-refractivity contribution in [3.05, 3.63) is 24.0 Å². The molecule has 0 spiro atoms. The van der Waals surface area contributed by atoms with Crippen LogP contribution in [-0.2, 0) is 6.54 Å². The van der Waals surface area contributed by atoms with Gasteiger partial charge < -0.3 is 10.2 Å². The molecule has 0 saturated heterocycles. The van der Waals surface area contributed by atoms with E-state index < -0.39 is 0 Å². The van der Waals surface area contributed by atoms with Gasteiger partial charge in [0.25, 0.3) is 0 Å². The van der Waals surface area contributed by atoms with Crippen LogP contribution in [0.2, 0.25) is 0 Å². The summed E-state index contributed by atoms with van der Waals surface area (Å²) in [6.45, 7) is 13.0. The molecular weight excluding hydrogens is 222 g/mol. The molecule has 1 aromatic rings. The lowest BCUT2D eigenvalue weighted by atomic mass is 9.96. The van der Waals surface area contributed by atoms with Crippen molar-refractivity contribution in [2.24, 2.45) is 5.41 Å². The van der Waals surface area contributed by atoms with Crippen molar-refractivity contribution in [3.63, 3.8) is 0 Å². The summed E-state index contributed by atoms with van der Waals surface area (Å²) in [6, 6.07) is 2.60. The Labute approximate surface area is 112 Å². The molecule has 1 rings (SSSR count). The topological polar surface area (TPSA) is 28.2 Å². The summed E-state index contributed by atoms with van der Waals surface area (Å²) in [5, 5.41) is 3.47. The molecule has 0 aliphatic heterocycles. The van der Waals surface area contributed by atoms with Crippen LogP contribution in [0, 0.1) is 5.41 Å². The monoisotopic (exact) mass is 249 g/mol. The summed E-state index contributed by atoms with van der Waals surface area (Å²) in [5.74, 6) is 0. The van der Waals surface area contributed by atoms with Gasteiger partial charge in [0.05, 0.1) is 11.9 Å². The lowest BCUT2D eigenvalue weighted by molar-refractivity contribution is 0.418. The first kappa shape index (κ1) is 15.0. The van der Waals surface area contributed by atoms with E-state index in [2.05, 4.69) is 62.9 Å². The molecule has 102 valence electrons. The molecule has 3 heteroatoms. The molecule has 0 aliphatic rings. The second kappa shape index (κ2) is 6.19. The van der Waals surface area contributed by atoms with E-state index in [-0.39, 0.29) is 5.41 Å². The van der Waals surface area contributed by atoms with Gasteiger partial charge in [-0.3, -0.25) is 4.98 Å². The Balaban J connectivity index is 2.80. The number of aromatic nitrogens is 1. The first-order valence-corrected chi connectivity index (χ1v) is 6.67. The minimum atomic E-state index is 0.285. The van der Waals surface area contributed by atoms with E-state index in [1.807, 2.05) is 12.4 Å². The summed E-state index contributed by atoms with van der Waals surface area (Å²) >= 11 is 0. The average molecular weight is 249 g/mol. The minimum absolute atomic E-state index is 0.285. The van der Waals surface area contributed by atoms with Crippen molar-refractivity contribution < 1.29 is 0 Å². The molecule has 0 bridgehead atoms. The molecule has 0 amide bonds. The fourth-order valence-electron chi connectivity index (χ4n) is 2.02. The molecule has 1 aromatic heterocycles. The van der Waals surface area contributed by atoms with E-state index in [0.717, 1.165) is 13.1 Å². The highest BCUT2D eigenvalue weighted by Gasteiger charge is 2.16. The number of nitrogens with zero attached hydrogens (tertiary/aromatic N) is 2. The third-order valence-corrected chi connectivity index (χ3v) is 2.71. The van der Waals surface area contributed by atoms with E-state index in [0.29, 0.717) is 6.04 Å². The van der Waals surface area contributed by atoms with Gasteiger partial charge in [-0.15, -0.1) is 0 Å². The summed E-state index contributed by atoms with van der Waals surface area (Å²) in [4.78, 5) is 6.55. The van der Waals surface area contributed by atoms with Crippen LogP contribution in [0.25, 0.3) is 0 Å². The average Bonchev–Trinajstić information content (AvgIpc) is 2.24. The van der Waals surface area contributed by atoms with Crippen LogP contribution in [0.3, 0.4) is 0 Å². The second-order valence-electron chi connectivity index (χ2n) is 6.46. The smallest absolute Gasteiger partial charge is 0.0595 e. The van der Waals surface area contributed by atoms with Gasteiger partial charge in [-0.2, -0.15) is 0 Å². The third-order valence-electron chi connectivity index (χ3n) is 2.71. The van der Waals surface area contributed by atoms with Crippen molar-refractivity contribution in [2.45, 2.75) is 47.2 Å². The molecule has 0 saturated carbocycles. The molecule has 1 N–H and O–H groups in total. The summed E-state index contributed by atoms with van der Waals surface area (Å²) in [6.07, 6.45) is 3.83. The SMILES string of the molecule is CC(C)NCc1ccncc1N(C)CC(C)(C)C. The maximum Gasteiger partial charge on any atom is 0.0595 e. The van der Waals surface area contributed by atoms with Crippen LogP contribution >= 0.6 is 0 Å². The maximum atomic E-state index is 4.25. The van der Waals surface area contributed by atoms with E-state index >= 15 is 0 Å². The van der Waals surface area contributed by atoms with Crippen LogP contribution in [0.5, 0.6) is 0 Å². The molecule has 0 radical (unpaired) electrons. The Morgan fingerprint density at radius 2 is 2.00 bits per heavy atom. The highest BCUT2D eigenvalue weighted by molar-refractivity contribution is 5.51. The van der Waals surface area contributed by atoms with Gasteiger partial charge in [0.1, 0.15) is 0 Å². The van der Waals surface area contributed by atoms with Gasteiger partial charge >= 0.3 is 0 Å². The Kier molecular flexibility index (Phi) is 5.15. The molecular formula is C15H27N3. The van der Waals surface area contributed by atoms with Crippen molar-refractivity contribution in [1.82, 2.24) is 10.3 Å². The van der Waals surface area contributed by atoms with Crippen LogP contribution in [0.1, 0.15) is 40.2 Å². The largest absolute Gasteiger partial charge is 0.373 e. The highest BCUT2D eigenvalue weighted by Crippen LogP contribution is 2.22. The lowest BCUT2D eigenvalue weighted by Crippen LogP contribution is -2.31. The van der Waals surface area contributed by atoms with Crippen molar-refractivity contribution in [3.8, 4) is 0 Å². The predicted octanol–water partition coefficient (Wildman–Crippen LogP) is 3.06. The summed E-state index contributed by atoms with van der Waals surface area (Å²) < 4.78 is 0. The second-order valence-corrected chi connectivity index (χ2v) is 6.46. The van der Waals surface area contributed by atoms with Gasteiger partial charge in [0, 0.05) is 32.4 Å². The zero-order valence-corrected chi connectivity index (χ0v) is 12.6. The number of nitrogens with one attached hydrogen (secondary N) is 1. The van der Waals surface area contributed by atoms with Gasteiger partial charge in [0.15, 0.2) is 0 Å². The number of rotatable bonds is 5. The lowest BCUT2D eigenvalue weighted by Gasteiger charge is -2.29. The predicted molar refractivity (Wildman–Crippen MR) is 78.9 cm³/mol. The molecule has 0 aromatic carbocycles. The van der Waals surface area contributed by atoms with E-state index in [9.17, 15) is 0 Å². The van der Waals surface area contributed by atoms with E-state index in [1.165, 1.54) is 11.3 Å². The van der Waals surface area contributed by atoms with Crippen LogP contribution in [-0.4, -0.2) is 24.6 Å². The van der Waals surface area contributed by atoms with Crippen molar-refractivity contribution in [2.75, 3.05) is 18.5 Å². The third kappa shape index (κ3) is 5.05. The quantitative estimate of drug-likeness (QED) is 0.869. The fourth-order valence-corrected chi connectivity index (χ4v) is 2.02. The normalized spacial score (nSPS) is 11.9. The number of hydrogen-bond acceptors (Lipinski definition) is 3. The number of hydrogen-bond donors (Lipinski definition) is 1. The molecule has 1 heterocycles. The molecule has 0 aliphatic carbocycles. The van der Waals surface area contributed by atoms with E-state index in [1.54, 1.807) is 0 Å². The zero-order valence-electron chi connectivity index (χ0n) is 12.6. The Hall–Kier alpha value is -1.09. The van der Waals surface area contributed by atoms with Gasteiger partial charge in [0.2, 0.25) is 0 Å². The Morgan fingerprint density at radius 3 is 2.56 bits per heavy atom. The van der Waals surface area contributed by atoms with Crippen molar-refractivity contribution >= 4 is 5.69 Å². The Bertz CT molecular complexity index is 366. The molecule has 0 fully saturated rings. The molecule has 0 unspecified atom stereocenters. The first-order valence-electron chi connectivity index (χ1n) is 6.67. The fraction of sp³-hybridized carbons (Fsp3) is 0.667.